The monoisotopic (exact) mass is 363 g/mol. The zero-order valence-corrected chi connectivity index (χ0v) is 14.8. The Morgan fingerprint density at radius 1 is 1.17 bits per heavy atom. The van der Waals surface area contributed by atoms with E-state index in [1.54, 1.807) is 0 Å². The van der Waals surface area contributed by atoms with Crippen molar-refractivity contribution in [3.63, 3.8) is 0 Å². The molecule has 2 unspecified atom stereocenters. The van der Waals surface area contributed by atoms with Gasteiger partial charge >= 0.3 is 15.2 Å². The van der Waals surface area contributed by atoms with E-state index in [-0.39, 0.29) is 12.5 Å². The Kier molecular flexibility index (Phi) is 6.20. The van der Waals surface area contributed by atoms with E-state index < -0.39 is 20.7 Å². The van der Waals surface area contributed by atoms with Gasteiger partial charge in [-0.05, 0) is 31.2 Å². The Hall–Kier alpha value is -0.520. The number of hydrogen-bond donors (Lipinski definition) is 3. The molecule has 7 nitrogen and oxygen atoms in total. The maximum absolute atomic E-state index is 12.2. The maximum Gasteiger partial charge on any atom is 0.357 e. The smallest absolute Gasteiger partial charge is 0.323 e. The minimum Gasteiger partial charge on any atom is -0.323 e. The van der Waals surface area contributed by atoms with E-state index in [2.05, 4.69) is 0 Å². The first-order chi connectivity index (χ1) is 10.8. The zero-order valence-electron chi connectivity index (χ0n) is 13.0. The Bertz CT molecular complexity index is 597. The van der Waals surface area contributed by atoms with Crippen LogP contribution in [-0.2, 0) is 13.7 Å². The van der Waals surface area contributed by atoms with Gasteiger partial charge in [0.15, 0.2) is 0 Å². The first kappa shape index (κ1) is 18.8. The predicted octanol–water partition coefficient (Wildman–Crippen LogP) is 2.55. The normalized spacial score (nSPS) is 21.7. The van der Waals surface area contributed by atoms with Gasteiger partial charge < -0.3 is 19.2 Å². The largest absolute Gasteiger partial charge is 0.357 e. The van der Waals surface area contributed by atoms with Gasteiger partial charge in [-0.3, -0.25) is 14.0 Å². The molecule has 1 aromatic carbocycles. The molecule has 0 aromatic heterocycles. The van der Waals surface area contributed by atoms with Crippen LogP contribution in [0.5, 0.6) is 0 Å². The van der Waals surface area contributed by atoms with Crippen molar-refractivity contribution in [2.45, 2.75) is 31.2 Å². The van der Waals surface area contributed by atoms with Crippen LogP contribution < -0.4 is 0 Å². The van der Waals surface area contributed by atoms with Gasteiger partial charge in [0.2, 0.25) is 5.52 Å². The lowest BCUT2D eigenvalue weighted by atomic mass is 9.90. The third-order valence-electron chi connectivity index (χ3n) is 4.03. The van der Waals surface area contributed by atoms with Crippen LogP contribution in [0.3, 0.4) is 0 Å². The number of piperidine rings is 1. The third kappa shape index (κ3) is 4.74. The molecule has 0 amide bonds. The summed E-state index contributed by atoms with van der Waals surface area (Å²) in [4.78, 5) is 30.4. The molecule has 1 aromatic rings. The lowest BCUT2D eigenvalue weighted by Gasteiger charge is -2.38. The van der Waals surface area contributed by atoms with Crippen molar-refractivity contribution in [1.82, 2.24) is 4.90 Å². The number of benzene rings is 1. The van der Waals surface area contributed by atoms with Gasteiger partial charge in [-0.15, -0.1) is 0 Å². The zero-order chi connectivity index (χ0) is 17.1. The van der Waals surface area contributed by atoms with E-state index >= 15 is 0 Å². The number of likely N-dealkylation sites (tertiary alicyclic amines) is 1. The highest BCUT2D eigenvalue weighted by Gasteiger charge is 2.50. The fourth-order valence-corrected chi connectivity index (χ4v) is 6.57. The van der Waals surface area contributed by atoms with Crippen LogP contribution in [0.4, 0.5) is 0 Å². The Morgan fingerprint density at radius 2 is 1.74 bits per heavy atom. The number of nitrogens with zero attached hydrogens (tertiary/aromatic N) is 1. The van der Waals surface area contributed by atoms with Gasteiger partial charge in [-0.2, -0.15) is 0 Å². The highest BCUT2D eigenvalue weighted by molar-refractivity contribution is 7.71. The molecule has 0 bridgehead atoms. The van der Waals surface area contributed by atoms with Crippen LogP contribution in [0.15, 0.2) is 30.3 Å². The van der Waals surface area contributed by atoms with Gasteiger partial charge in [0, 0.05) is 13.1 Å². The first-order valence-corrected chi connectivity index (χ1v) is 10.9. The molecule has 1 saturated heterocycles. The molecule has 0 aliphatic carbocycles. The fourth-order valence-electron chi connectivity index (χ4n) is 3.05. The molecule has 23 heavy (non-hydrogen) atoms. The van der Waals surface area contributed by atoms with Gasteiger partial charge in [0.1, 0.15) is 0 Å². The van der Waals surface area contributed by atoms with Crippen molar-refractivity contribution in [2.75, 3.05) is 19.7 Å². The molecule has 1 aliphatic rings. The van der Waals surface area contributed by atoms with E-state index in [0.717, 1.165) is 0 Å². The summed E-state index contributed by atoms with van der Waals surface area (Å²) in [5, 5.41) is 0. The van der Waals surface area contributed by atoms with Crippen LogP contribution >= 0.6 is 15.2 Å². The summed E-state index contributed by atoms with van der Waals surface area (Å²) in [7, 11) is -9.22. The van der Waals surface area contributed by atoms with Gasteiger partial charge in [-0.1, -0.05) is 30.3 Å². The maximum atomic E-state index is 12.2. The fraction of sp³-hybridized carbons (Fsp3) is 0.571. The summed E-state index contributed by atoms with van der Waals surface area (Å²) in [6.45, 7) is 2.12. The number of hydrogen-bond acceptors (Lipinski definition) is 4. The second-order valence-electron chi connectivity index (χ2n) is 5.64. The van der Waals surface area contributed by atoms with Crippen molar-refractivity contribution in [2.24, 2.45) is 0 Å². The first-order valence-electron chi connectivity index (χ1n) is 7.57. The predicted molar refractivity (Wildman–Crippen MR) is 87.3 cm³/mol. The van der Waals surface area contributed by atoms with Crippen LogP contribution in [0.25, 0.3) is 0 Å². The van der Waals surface area contributed by atoms with E-state index in [0.29, 0.717) is 25.9 Å². The topological polar surface area (TPSA) is 107 Å². The molecule has 0 radical (unpaired) electrons. The molecule has 3 N–H and O–H groups in total. The quantitative estimate of drug-likeness (QED) is 0.667. The Morgan fingerprint density at radius 3 is 2.22 bits per heavy atom. The number of rotatable bonds is 6. The summed E-state index contributed by atoms with van der Waals surface area (Å²) < 4.78 is 28.7. The second kappa shape index (κ2) is 7.58. The molecule has 1 heterocycles. The second-order valence-corrected chi connectivity index (χ2v) is 9.59. The van der Waals surface area contributed by atoms with Crippen LogP contribution in [0.2, 0.25) is 0 Å². The molecule has 1 fully saturated rings. The Balaban J connectivity index is 2.12. The van der Waals surface area contributed by atoms with Crippen LogP contribution in [0.1, 0.15) is 31.2 Å². The van der Waals surface area contributed by atoms with E-state index in [1.165, 1.54) is 17.4 Å². The van der Waals surface area contributed by atoms with Crippen molar-refractivity contribution in [1.29, 1.82) is 0 Å². The van der Waals surface area contributed by atoms with Gasteiger partial charge in [0.25, 0.3) is 0 Å². The van der Waals surface area contributed by atoms with Crippen LogP contribution in [0, 0.1) is 0 Å². The van der Waals surface area contributed by atoms with E-state index in [1.807, 2.05) is 30.3 Å². The van der Waals surface area contributed by atoms with Crippen molar-refractivity contribution < 1.29 is 28.3 Å². The van der Waals surface area contributed by atoms with Crippen molar-refractivity contribution in [3.8, 4) is 0 Å². The minimum atomic E-state index is -4.80. The van der Waals surface area contributed by atoms with Crippen LogP contribution in [-0.4, -0.2) is 44.8 Å². The summed E-state index contributed by atoms with van der Waals surface area (Å²) >= 11 is 0. The summed E-state index contributed by atoms with van der Waals surface area (Å²) in [6, 6.07) is 9.90. The average molecular weight is 363 g/mol. The van der Waals surface area contributed by atoms with Crippen molar-refractivity contribution in [3.05, 3.63) is 35.9 Å². The Labute approximate surface area is 136 Å². The third-order valence-corrected chi connectivity index (χ3v) is 8.28. The molecule has 0 spiro atoms. The van der Waals surface area contributed by atoms with E-state index in [4.69, 9.17) is 4.52 Å². The molecule has 2 atom stereocenters. The summed E-state index contributed by atoms with van der Waals surface area (Å²) in [5.74, 6) is 0.287. The minimum absolute atomic E-state index is 0.0786. The summed E-state index contributed by atoms with van der Waals surface area (Å²) in [6.07, 6.45) is 1.35. The SMILES string of the molecule is CCOP(=O)(O)C(N1CCC(c2ccccc2)CC1)P(=O)(O)O. The highest BCUT2D eigenvalue weighted by atomic mass is 31.2. The molecule has 2 rings (SSSR count). The van der Waals surface area contributed by atoms with Gasteiger partial charge in [0.05, 0.1) is 6.61 Å². The molecule has 0 saturated carbocycles. The lowest BCUT2D eigenvalue weighted by Crippen LogP contribution is -2.41. The molecule has 9 heteroatoms. The average Bonchev–Trinajstić information content (AvgIpc) is 2.47. The molecular formula is C14H23NO6P2. The lowest BCUT2D eigenvalue weighted by molar-refractivity contribution is 0.172. The molecule has 1 aliphatic heterocycles. The molecular weight excluding hydrogens is 340 g/mol. The van der Waals surface area contributed by atoms with E-state index in [9.17, 15) is 23.8 Å². The van der Waals surface area contributed by atoms with Gasteiger partial charge in [-0.25, -0.2) is 0 Å². The molecule has 130 valence electrons. The highest BCUT2D eigenvalue weighted by Crippen LogP contribution is 2.64. The van der Waals surface area contributed by atoms with Crippen molar-refractivity contribution >= 4 is 15.2 Å². The summed E-state index contributed by atoms with van der Waals surface area (Å²) in [5.41, 5.74) is -0.608. The standard InChI is InChI=1S/C14H23NO6P2/c1-2-21-23(19,20)14(22(16,17)18)15-10-8-13(9-11-15)12-6-4-3-5-7-12/h3-7,13-14H,2,8-11H2,1H3,(H,19,20)(H2,16,17,18).